The standard InChI is InChI=1S/C12H20N4OS/c1-12(2,3)10-15-16-11(18-10)14-9(17)8-4-6-13-7-5-8/h8,13H,4-7H2,1-3H3,(H,14,16,17). The molecule has 2 N–H and O–H groups in total. The second-order valence-electron chi connectivity index (χ2n) is 5.68. The Morgan fingerprint density at radius 3 is 2.56 bits per heavy atom. The molecule has 2 rings (SSSR count). The van der Waals surface area contributed by atoms with Gasteiger partial charge < -0.3 is 10.6 Å². The largest absolute Gasteiger partial charge is 0.317 e. The van der Waals surface area contributed by atoms with E-state index >= 15 is 0 Å². The molecule has 100 valence electrons. The van der Waals surface area contributed by atoms with Crippen molar-refractivity contribution in [1.82, 2.24) is 15.5 Å². The monoisotopic (exact) mass is 268 g/mol. The average molecular weight is 268 g/mol. The van der Waals surface area contributed by atoms with Crippen molar-refractivity contribution < 1.29 is 4.79 Å². The molecule has 18 heavy (non-hydrogen) atoms. The number of piperidine rings is 1. The second kappa shape index (κ2) is 5.32. The SMILES string of the molecule is CC(C)(C)c1nnc(NC(=O)C2CCNCC2)s1. The quantitative estimate of drug-likeness (QED) is 0.858. The summed E-state index contributed by atoms with van der Waals surface area (Å²) >= 11 is 1.46. The summed E-state index contributed by atoms with van der Waals surface area (Å²) in [6, 6.07) is 0. The molecule has 1 aromatic heterocycles. The van der Waals surface area contributed by atoms with Gasteiger partial charge in [-0.15, -0.1) is 10.2 Å². The zero-order valence-electron chi connectivity index (χ0n) is 11.1. The second-order valence-corrected chi connectivity index (χ2v) is 6.65. The van der Waals surface area contributed by atoms with E-state index in [4.69, 9.17) is 0 Å². The van der Waals surface area contributed by atoms with Crippen molar-refractivity contribution in [3.05, 3.63) is 5.01 Å². The number of hydrogen-bond donors (Lipinski definition) is 2. The lowest BCUT2D eigenvalue weighted by Gasteiger charge is -2.20. The summed E-state index contributed by atoms with van der Waals surface area (Å²) in [4.78, 5) is 12.0. The van der Waals surface area contributed by atoms with Crippen LogP contribution in [0.3, 0.4) is 0 Å². The van der Waals surface area contributed by atoms with Crippen LogP contribution < -0.4 is 10.6 Å². The molecule has 0 saturated carbocycles. The molecule has 5 nitrogen and oxygen atoms in total. The van der Waals surface area contributed by atoms with E-state index in [1.165, 1.54) is 11.3 Å². The molecule has 0 aromatic carbocycles. The van der Waals surface area contributed by atoms with Crippen LogP contribution in [0.25, 0.3) is 0 Å². The van der Waals surface area contributed by atoms with E-state index in [2.05, 4.69) is 41.6 Å². The minimum atomic E-state index is -0.0184. The summed E-state index contributed by atoms with van der Waals surface area (Å²) in [5.74, 6) is 0.182. The Labute approximate surface area is 111 Å². The highest BCUT2D eigenvalue weighted by molar-refractivity contribution is 7.15. The van der Waals surface area contributed by atoms with Crippen LogP contribution in [0.5, 0.6) is 0 Å². The van der Waals surface area contributed by atoms with Crippen LogP contribution in [0, 0.1) is 5.92 Å². The molecule has 6 heteroatoms. The van der Waals surface area contributed by atoms with Crippen molar-refractivity contribution in [2.75, 3.05) is 18.4 Å². The van der Waals surface area contributed by atoms with Crippen LogP contribution in [0.2, 0.25) is 0 Å². The van der Waals surface area contributed by atoms with Gasteiger partial charge in [0.15, 0.2) is 0 Å². The summed E-state index contributed by atoms with van der Waals surface area (Å²) in [7, 11) is 0. The number of carbonyl (C=O) groups is 1. The van der Waals surface area contributed by atoms with E-state index in [1.54, 1.807) is 0 Å². The Morgan fingerprint density at radius 2 is 2.00 bits per heavy atom. The molecule has 0 aliphatic carbocycles. The highest BCUT2D eigenvalue weighted by Crippen LogP contribution is 2.28. The van der Waals surface area contributed by atoms with E-state index < -0.39 is 0 Å². The molecule has 1 aliphatic heterocycles. The molecular weight excluding hydrogens is 248 g/mol. The topological polar surface area (TPSA) is 66.9 Å². The van der Waals surface area contributed by atoms with Crippen molar-refractivity contribution >= 4 is 22.4 Å². The van der Waals surface area contributed by atoms with Crippen molar-refractivity contribution in [2.45, 2.75) is 39.0 Å². The normalized spacial score (nSPS) is 17.7. The molecule has 0 atom stereocenters. The van der Waals surface area contributed by atoms with Crippen LogP contribution in [0.15, 0.2) is 0 Å². The van der Waals surface area contributed by atoms with Crippen molar-refractivity contribution in [3.8, 4) is 0 Å². The van der Waals surface area contributed by atoms with Gasteiger partial charge >= 0.3 is 0 Å². The number of aromatic nitrogens is 2. The van der Waals surface area contributed by atoms with Gasteiger partial charge in [-0.3, -0.25) is 4.79 Å². The lowest BCUT2D eigenvalue weighted by Crippen LogP contribution is -2.34. The van der Waals surface area contributed by atoms with Crippen LogP contribution in [0.4, 0.5) is 5.13 Å². The predicted octanol–water partition coefficient (Wildman–Crippen LogP) is 1.77. The van der Waals surface area contributed by atoms with Gasteiger partial charge in [0, 0.05) is 11.3 Å². The Bertz CT molecular complexity index is 418. The Kier molecular flexibility index (Phi) is 3.97. The van der Waals surface area contributed by atoms with Gasteiger partial charge in [-0.1, -0.05) is 32.1 Å². The first-order chi connectivity index (χ1) is 8.47. The summed E-state index contributed by atoms with van der Waals surface area (Å²) in [5, 5.41) is 15.9. The third-order valence-corrected chi connectivity index (χ3v) is 4.27. The van der Waals surface area contributed by atoms with E-state index in [9.17, 15) is 4.79 Å². The van der Waals surface area contributed by atoms with Gasteiger partial charge in [0.2, 0.25) is 11.0 Å². The van der Waals surface area contributed by atoms with Gasteiger partial charge in [-0.2, -0.15) is 0 Å². The summed E-state index contributed by atoms with van der Waals surface area (Å²) < 4.78 is 0. The van der Waals surface area contributed by atoms with Crippen molar-refractivity contribution in [2.24, 2.45) is 5.92 Å². The van der Waals surface area contributed by atoms with Crippen LogP contribution >= 0.6 is 11.3 Å². The summed E-state index contributed by atoms with van der Waals surface area (Å²) in [6.45, 7) is 8.10. The molecule has 1 fully saturated rings. The first-order valence-electron chi connectivity index (χ1n) is 6.32. The number of nitrogens with zero attached hydrogens (tertiary/aromatic N) is 2. The van der Waals surface area contributed by atoms with Gasteiger partial charge in [0.05, 0.1) is 0 Å². The molecule has 2 heterocycles. The minimum absolute atomic E-state index is 0.0184. The smallest absolute Gasteiger partial charge is 0.229 e. The Morgan fingerprint density at radius 1 is 1.33 bits per heavy atom. The molecule has 1 amide bonds. The molecule has 1 saturated heterocycles. The molecule has 1 aromatic rings. The zero-order chi connectivity index (χ0) is 13.2. The van der Waals surface area contributed by atoms with Crippen LogP contribution in [-0.2, 0) is 10.2 Å². The van der Waals surface area contributed by atoms with E-state index in [1.807, 2.05) is 0 Å². The first kappa shape index (κ1) is 13.4. The lowest BCUT2D eigenvalue weighted by molar-refractivity contribution is -0.120. The highest BCUT2D eigenvalue weighted by Gasteiger charge is 2.23. The fourth-order valence-electron chi connectivity index (χ4n) is 1.87. The van der Waals surface area contributed by atoms with Crippen LogP contribution in [0.1, 0.15) is 38.6 Å². The number of amides is 1. The van der Waals surface area contributed by atoms with Gasteiger partial charge in [-0.05, 0) is 25.9 Å². The number of hydrogen-bond acceptors (Lipinski definition) is 5. The minimum Gasteiger partial charge on any atom is -0.317 e. The first-order valence-corrected chi connectivity index (χ1v) is 7.14. The zero-order valence-corrected chi connectivity index (χ0v) is 11.9. The Balaban J connectivity index is 1.96. The number of anilines is 1. The maximum Gasteiger partial charge on any atom is 0.229 e. The molecule has 0 spiro atoms. The Hall–Kier alpha value is -1.01. The summed E-state index contributed by atoms with van der Waals surface area (Å²) in [5.41, 5.74) is -0.0184. The fourth-order valence-corrected chi connectivity index (χ4v) is 2.67. The maximum absolute atomic E-state index is 12.0. The number of rotatable bonds is 2. The molecule has 0 unspecified atom stereocenters. The third-order valence-electron chi connectivity index (χ3n) is 3.01. The lowest BCUT2D eigenvalue weighted by atomic mass is 9.97. The fraction of sp³-hybridized carbons (Fsp3) is 0.750. The van der Waals surface area contributed by atoms with Crippen molar-refractivity contribution in [1.29, 1.82) is 0 Å². The third kappa shape index (κ3) is 3.26. The van der Waals surface area contributed by atoms with Gasteiger partial charge in [0.25, 0.3) is 0 Å². The molecular formula is C12H20N4OS. The maximum atomic E-state index is 12.0. The molecule has 0 bridgehead atoms. The summed E-state index contributed by atoms with van der Waals surface area (Å²) in [6.07, 6.45) is 1.80. The van der Waals surface area contributed by atoms with Crippen molar-refractivity contribution in [3.63, 3.8) is 0 Å². The number of carbonyl (C=O) groups excluding carboxylic acids is 1. The van der Waals surface area contributed by atoms with Crippen LogP contribution in [-0.4, -0.2) is 29.2 Å². The van der Waals surface area contributed by atoms with Gasteiger partial charge in [-0.25, -0.2) is 0 Å². The molecule has 1 aliphatic rings. The average Bonchev–Trinajstić information content (AvgIpc) is 2.78. The molecule has 0 radical (unpaired) electrons. The van der Waals surface area contributed by atoms with E-state index in [-0.39, 0.29) is 17.2 Å². The highest BCUT2D eigenvalue weighted by atomic mass is 32.1. The van der Waals surface area contributed by atoms with E-state index in [0.29, 0.717) is 5.13 Å². The predicted molar refractivity (Wildman–Crippen MR) is 72.8 cm³/mol. The number of nitrogens with one attached hydrogen (secondary N) is 2. The van der Waals surface area contributed by atoms with E-state index in [0.717, 1.165) is 30.9 Å². The van der Waals surface area contributed by atoms with Gasteiger partial charge in [0.1, 0.15) is 5.01 Å².